The van der Waals surface area contributed by atoms with E-state index in [1.807, 2.05) is 0 Å². The van der Waals surface area contributed by atoms with E-state index in [9.17, 15) is 0 Å². The predicted molar refractivity (Wildman–Crippen MR) is 136 cm³/mol. The van der Waals surface area contributed by atoms with E-state index in [2.05, 4.69) is 83.8 Å². The molecule has 1 aliphatic rings. The maximum Gasteiger partial charge on any atom is 0.0322 e. The van der Waals surface area contributed by atoms with Crippen LogP contribution in [0.15, 0.2) is 30.3 Å². The zero-order valence-electron chi connectivity index (χ0n) is 21.2. The molecule has 1 heteroatoms. The van der Waals surface area contributed by atoms with Crippen molar-refractivity contribution < 1.29 is 0 Å². The summed E-state index contributed by atoms with van der Waals surface area (Å²) in [4.78, 5) is 2.62. The van der Waals surface area contributed by atoms with E-state index < -0.39 is 0 Å². The SMILES string of the molecule is Cc1c(C)c(C)c(C(C)N(C)CCC(Cc2ccccc2)C2CCCCC2)c(C)c1C. The van der Waals surface area contributed by atoms with Crippen LogP contribution in [0.2, 0.25) is 0 Å². The normalized spacial score (nSPS) is 17.2. The van der Waals surface area contributed by atoms with Gasteiger partial charge in [0, 0.05) is 6.04 Å². The number of benzene rings is 2. The monoisotopic (exact) mass is 419 g/mol. The Bertz CT molecular complexity index is 815. The Hall–Kier alpha value is -1.60. The summed E-state index contributed by atoms with van der Waals surface area (Å²) in [6.45, 7) is 15.1. The number of nitrogens with zero attached hydrogens (tertiary/aromatic N) is 1. The van der Waals surface area contributed by atoms with Gasteiger partial charge in [-0.1, -0.05) is 62.4 Å². The Morgan fingerprint density at radius 2 is 1.35 bits per heavy atom. The van der Waals surface area contributed by atoms with Crippen LogP contribution in [-0.4, -0.2) is 18.5 Å². The molecule has 0 amide bonds. The van der Waals surface area contributed by atoms with E-state index in [4.69, 9.17) is 0 Å². The highest BCUT2D eigenvalue weighted by atomic mass is 15.1. The van der Waals surface area contributed by atoms with Crippen molar-refractivity contribution in [2.24, 2.45) is 11.8 Å². The van der Waals surface area contributed by atoms with Crippen molar-refractivity contribution in [1.82, 2.24) is 4.90 Å². The third-order valence-corrected chi connectivity index (χ3v) is 8.65. The smallest absolute Gasteiger partial charge is 0.0322 e. The molecule has 1 saturated carbocycles. The zero-order chi connectivity index (χ0) is 22.5. The summed E-state index contributed by atoms with van der Waals surface area (Å²) in [6, 6.07) is 11.7. The first-order valence-corrected chi connectivity index (χ1v) is 12.6. The van der Waals surface area contributed by atoms with Crippen molar-refractivity contribution in [2.75, 3.05) is 13.6 Å². The fraction of sp³-hybridized carbons (Fsp3) is 0.600. The lowest BCUT2D eigenvalue weighted by Crippen LogP contribution is -2.29. The molecule has 170 valence electrons. The molecule has 2 unspecified atom stereocenters. The third-order valence-electron chi connectivity index (χ3n) is 8.65. The minimum absolute atomic E-state index is 0.460. The molecule has 2 aromatic rings. The number of hydrogen-bond acceptors (Lipinski definition) is 1. The molecule has 0 aliphatic heterocycles. The van der Waals surface area contributed by atoms with Gasteiger partial charge in [-0.3, -0.25) is 4.90 Å². The van der Waals surface area contributed by atoms with Crippen LogP contribution in [0, 0.1) is 46.5 Å². The first kappa shape index (κ1) is 24.1. The average molecular weight is 420 g/mol. The van der Waals surface area contributed by atoms with Crippen LogP contribution < -0.4 is 0 Å². The van der Waals surface area contributed by atoms with E-state index in [1.54, 1.807) is 5.56 Å². The second kappa shape index (κ2) is 10.8. The Morgan fingerprint density at radius 3 is 1.94 bits per heavy atom. The van der Waals surface area contributed by atoms with Crippen LogP contribution in [0.1, 0.15) is 90.4 Å². The van der Waals surface area contributed by atoms with Gasteiger partial charge >= 0.3 is 0 Å². The van der Waals surface area contributed by atoms with Gasteiger partial charge in [-0.25, -0.2) is 0 Å². The van der Waals surface area contributed by atoms with Gasteiger partial charge in [-0.15, -0.1) is 0 Å². The predicted octanol–water partition coefficient (Wildman–Crippen LogP) is 8.05. The van der Waals surface area contributed by atoms with E-state index in [-0.39, 0.29) is 0 Å². The van der Waals surface area contributed by atoms with E-state index in [0.29, 0.717) is 6.04 Å². The van der Waals surface area contributed by atoms with Crippen molar-refractivity contribution in [2.45, 2.75) is 92.5 Å². The first-order valence-electron chi connectivity index (χ1n) is 12.6. The van der Waals surface area contributed by atoms with Crippen molar-refractivity contribution in [3.63, 3.8) is 0 Å². The standard InChI is InChI=1S/C30H45N/c1-21-22(2)24(4)30(25(5)23(21)3)26(6)31(7)19-18-29(28-16-12-9-13-17-28)20-27-14-10-8-11-15-27/h8,10-11,14-15,26,28-29H,9,12-13,16-20H2,1-7H3. The van der Waals surface area contributed by atoms with Crippen molar-refractivity contribution in [1.29, 1.82) is 0 Å². The number of rotatable bonds is 8. The summed E-state index contributed by atoms with van der Waals surface area (Å²) >= 11 is 0. The maximum absolute atomic E-state index is 2.62. The molecule has 3 rings (SSSR count). The van der Waals surface area contributed by atoms with Crippen molar-refractivity contribution in [3.05, 3.63) is 69.3 Å². The topological polar surface area (TPSA) is 3.24 Å². The summed E-state index contributed by atoms with van der Waals surface area (Å²) in [5, 5.41) is 0. The molecular weight excluding hydrogens is 374 g/mol. The lowest BCUT2D eigenvalue weighted by Gasteiger charge is -2.34. The van der Waals surface area contributed by atoms with Gasteiger partial charge in [-0.05, 0) is 119 Å². The van der Waals surface area contributed by atoms with E-state index in [1.165, 1.54) is 84.9 Å². The van der Waals surface area contributed by atoms with Crippen LogP contribution in [0.3, 0.4) is 0 Å². The Morgan fingerprint density at radius 1 is 0.806 bits per heavy atom. The first-order chi connectivity index (χ1) is 14.8. The molecule has 0 saturated heterocycles. The van der Waals surface area contributed by atoms with Gasteiger partial charge in [0.1, 0.15) is 0 Å². The Labute approximate surface area is 192 Å². The average Bonchev–Trinajstić information content (AvgIpc) is 2.80. The molecule has 0 aromatic heterocycles. The summed E-state index contributed by atoms with van der Waals surface area (Å²) < 4.78 is 0. The second-order valence-electron chi connectivity index (χ2n) is 10.3. The van der Waals surface area contributed by atoms with Crippen LogP contribution in [0.25, 0.3) is 0 Å². The molecule has 1 nitrogen and oxygen atoms in total. The van der Waals surface area contributed by atoms with Crippen LogP contribution >= 0.6 is 0 Å². The highest BCUT2D eigenvalue weighted by molar-refractivity contribution is 5.50. The van der Waals surface area contributed by atoms with Gasteiger partial charge in [0.05, 0.1) is 0 Å². The maximum atomic E-state index is 2.62. The zero-order valence-corrected chi connectivity index (χ0v) is 21.2. The largest absolute Gasteiger partial charge is 0.300 e. The molecule has 0 heterocycles. The molecule has 0 N–H and O–H groups in total. The number of hydrogen-bond donors (Lipinski definition) is 0. The summed E-state index contributed by atoms with van der Waals surface area (Å²) in [7, 11) is 2.34. The van der Waals surface area contributed by atoms with Crippen LogP contribution in [0.5, 0.6) is 0 Å². The van der Waals surface area contributed by atoms with Crippen molar-refractivity contribution >= 4 is 0 Å². The fourth-order valence-corrected chi connectivity index (χ4v) is 5.97. The molecule has 0 bridgehead atoms. The fourth-order valence-electron chi connectivity index (χ4n) is 5.97. The van der Waals surface area contributed by atoms with Gasteiger partial charge in [0.15, 0.2) is 0 Å². The van der Waals surface area contributed by atoms with E-state index >= 15 is 0 Å². The highest BCUT2D eigenvalue weighted by Gasteiger charge is 2.26. The van der Waals surface area contributed by atoms with Gasteiger partial charge in [-0.2, -0.15) is 0 Å². The van der Waals surface area contributed by atoms with E-state index in [0.717, 1.165) is 11.8 Å². The second-order valence-corrected chi connectivity index (χ2v) is 10.3. The lowest BCUT2D eigenvalue weighted by atomic mass is 9.76. The molecular formula is C30H45N. The molecule has 0 radical (unpaired) electrons. The molecule has 0 spiro atoms. The summed E-state index contributed by atoms with van der Waals surface area (Å²) in [6.07, 6.45) is 9.73. The van der Waals surface area contributed by atoms with Gasteiger partial charge < -0.3 is 0 Å². The van der Waals surface area contributed by atoms with Gasteiger partial charge in [0.25, 0.3) is 0 Å². The minimum Gasteiger partial charge on any atom is -0.300 e. The van der Waals surface area contributed by atoms with Gasteiger partial charge in [0.2, 0.25) is 0 Å². The quantitative estimate of drug-likeness (QED) is 0.418. The van der Waals surface area contributed by atoms with Crippen LogP contribution in [-0.2, 0) is 6.42 Å². The molecule has 1 aliphatic carbocycles. The highest BCUT2D eigenvalue weighted by Crippen LogP contribution is 2.36. The molecule has 2 aromatic carbocycles. The Kier molecular flexibility index (Phi) is 8.39. The minimum atomic E-state index is 0.460. The van der Waals surface area contributed by atoms with Crippen molar-refractivity contribution in [3.8, 4) is 0 Å². The summed E-state index contributed by atoms with van der Waals surface area (Å²) in [5.41, 5.74) is 10.5. The molecule has 31 heavy (non-hydrogen) atoms. The Balaban J connectivity index is 1.73. The summed E-state index contributed by atoms with van der Waals surface area (Å²) in [5.74, 6) is 1.71. The molecule has 2 atom stereocenters. The van der Waals surface area contributed by atoms with Crippen LogP contribution in [0.4, 0.5) is 0 Å². The third kappa shape index (κ3) is 5.61. The molecule has 1 fully saturated rings. The lowest BCUT2D eigenvalue weighted by molar-refractivity contribution is 0.187.